The van der Waals surface area contributed by atoms with Crippen molar-refractivity contribution in [2.75, 3.05) is 18.5 Å². The molecule has 0 bridgehead atoms. The van der Waals surface area contributed by atoms with Crippen LogP contribution in [-0.4, -0.2) is 35.3 Å². The van der Waals surface area contributed by atoms with Gasteiger partial charge in [-0.25, -0.2) is 4.98 Å². The van der Waals surface area contributed by atoms with Gasteiger partial charge in [0.1, 0.15) is 11.2 Å². The zero-order chi connectivity index (χ0) is 14.2. The van der Waals surface area contributed by atoms with E-state index in [9.17, 15) is 9.90 Å². The van der Waals surface area contributed by atoms with Gasteiger partial charge in [0, 0.05) is 11.6 Å². The van der Waals surface area contributed by atoms with Crippen molar-refractivity contribution < 1.29 is 14.6 Å². The fraction of sp³-hybridized carbons (Fsp3) is 0.333. The molecule has 20 heavy (non-hydrogen) atoms. The maximum absolute atomic E-state index is 11.4. The third kappa shape index (κ3) is 2.00. The summed E-state index contributed by atoms with van der Waals surface area (Å²) in [6.07, 6.45) is 1.72. The Balaban J connectivity index is 1.96. The molecular weight excluding hydrogens is 256 g/mol. The zero-order valence-corrected chi connectivity index (χ0v) is 11.2. The van der Waals surface area contributed by atoms with Crippen molar-refractivity contribution in [2.24, 2.45) is 5.41 Å². The third-order valence-electron chi connectivity index (χ3n) is 3.93. The molecule has 1 aliphatic rings. The number of rotatable bonds is 3. The number of aromatic nitrogens is 1. The Morgan fingerprint density at radius 1 is 1.45 bits per heavy atom. The fourth-order valence-corrected chi connectivity index (χ4v) is 2.48. The van der Waals surface area contributed by atoms with E-state index in [1.165, 1.54) is 0 Å². The topological polar surface area (TPSA) is 71.5 Å². The second-order valence-corrected chi connectivity index (χ2v) is 5.32. The summed E-state index contributed by atoms with van der Waals surface area (Å²) in [5.41, 5.74) is -0.932. The molecule has 3 rings (SSSR count). The van der Waals surface area contributed by atoms with Crippen molar-refractivity contribution in [1.29, 1.82) is 0 Å². The number of anilines is 1. The standard InChI is InChI=1S/C15H16N2O3/c1-15(14(18)19)9-20-8-12(15)17-13-11-5-3-2-4-10(11)6-7-16-13/h2-7,12H,8-9H2,1H3,(H,16,17)(H,18,19). The summed E-state index contributed by atoms with van der Waals surface area (Å²) < 4.78 is 5.35. The first-order valence-corrected chi connectivity index (χ1v) is 6.53. The summed E-state index contributed by atoms with van der Waals surface area (Å²) in [7, 11) is 0. The summed E-state index contributed by atoms with van der Waals surface area (Å²) in [4.78, 5) is 15.8. The number of ether oxygens (including phenoxy) is 1. The molecule has 1 saturated heterocycles. The van der Waals surface area contributed by atoms with Gasteiger partial charge in [-0.2, -0.15) is 0 Å². The number of benzene rings is 1. The molecule has 1 aromatic heterocycles. The molecule has 2 unspecified atom stereocenters. The average Bonchev–Trinajstić information content (AvgIpc) is 2.82. The first-order valence-electron chi connectivity index (χ1n) is 6.53. The molecule has 104 valence electrons. The van der Waals surface area contributed by atoms with Gasteiger partial charge in [0.25, 0.3) is 0 Å². The second kappa shape index (κ2) is 4.76. The minimum absolute atomic E-state index is 0.213. The molecule has 2 heterocycles. The molecule has 0 radical (unpaired) electrons. The molecule has 5 nitrogen and oxygen atoms in total. The van der Waals surface area contributed by atoms with Crippen LogP contribution in [0.4, 0.5) is 5.82 Å². The third-order valence-corrected chi connectivity index (χ3v) is 3.93. The van der Waals surface area contributed by atoms with Crippen LogP contribution in [0.1, 0.15) is 6.92 Å². The van der Waals surface area contributed by atoms with Gasteiger partial charge in [0.2, 0.25) is 0 Å². The van der Waals surface area contributed by atoms with E-state index in [1.54, 1.807) is 13.1 Å². The van der Waals surface area contributed by atoms with Crippen LogP contribution in [0.2, 0.25) is 0 Å². The second-order valence-electron chi connectivity index (χ2n) is 5.32. The highest BCUT2D eigenvalue weighted by atomic mass is 16.5. The first kappa shape index (κ1) is 12.9. The SMILES string of the molecule is CC1(C(=O)O)COCC1Nc1nccc2ccccc12. The molecule has 2 aromatic rings. The highest BCUT2D eigenvalue weighted by molar-refractivity contribution is 5.92. The fourth-order valence-electron chi connectivity index (χ4n) is 2.48. The van der Waals surface area contributed by atoms with Crippen molar-refractivity contribution >= 4 is 22.6 Å². The molecule has 0 saturated carbocycles. The van der Waals surface area contributed by atoms with Crippen molar-refractivity contribution in [3.63, 3.8) is 0 Å². The molecule has 5 heteroatoms. The number of aliphatic carboxylic acids is 1. The minimum atomic E-state index is -0.932. The monoisotopic (exact) mass is 272 g/mol. The Morgan fingerprint density at radius 2 is 2.25 bits per heavy atom. The van der Waals surface area contributed by atoms with Crippen LogP contribution in [0.3, 0.4) is 0 Å². The number of hydrogen-bond acceptors (Lipinski definition) is 4. The van der Waals surface area contributed by atoms with Gasteiger partial charge < -0.3 is 15.2 Å². The highest BCUT2D eigenvalue weighted by Gasteiger charge is 2.46. The smallest absolute Gasteiger partial charge is 0.313 e. The molecule has 1 aliphatic heterocycles. The normalized spacial score (nSPS) is 25.8. The van der Waals surface area contributed by atoms with Crippen molar-refractivity contribution in [2.45, 2.75) is 13.0 Å². The molecule has 2 N–H and O–H groups in total. The lowest BCUT2D eigenvalue weighted by Crippen LogP contribution is -2.43. The van der Waals surface area contributed by atoms with Crippen LogP contribution < -0.4 is 5.32 Å². The van der Waals surface area contributed by atoms with E-state index < -0.39 is 11.4 Å². The predicted octanol–water partition coefficient (Wildman–Crippen LogP) is 2.14. The van der Waals surface area contributed by atoms with E-state index in [2.05, 4.69) is 10.3 Å². The number of pyridine rings is 1. The highest BCUT2D eigenvalue weighted by Crippen LogP contribution is 2.32. The van der Waals surface area contributed by atoms with Gasteiger partial charge >= 0.3 is 5.97 Å². The Hall–Kier alpha value is -2.14. The lowest BCUT2D eigenvalue weighted by Gasteiger charge is -2.26. The van der Waals surface area contributed by atoms with Gasteiger partial charge in [0.05, 0.1) is 19.3 Å². The van der Waals surface area contributed by atoms with Crippen molar-refractivity contribution in [3.05, 3.63) is 36.5 Å². The average molecular weight is 272 g/mol. The van der Waals surface area contributed by atoms with E-state index in [1.807, 2.05) is 30.3 Å². The largest absolute Gasteiger partial charge is 0.481 e. The quantitative estimate of drug-likeness (QED) is 0.895. The first-order chi connectivity index (χ1) is 9.61. The van der Waals surface area contributed by atoms with Crippen LogP contribution in [0.15, 0.2) is 36.5 Å². The molecule has 0 spiro atoms. The summed E-state index contributed by atoms with van der Waals surface area (Å²) in [5, 5.41) is 14.7. The van der Waals surface area contributed by atoms with Gasteiger partial charge in [-0.15, -0.1) is 0 Å². The van der Waals surface area contributed by atoms with E-state index in [0.717, 1.165) is 10.8 Å². The number of fused-ring (bicyclic) bond motifs is 1. The predicted molar refractivity (Wildman–Crippen MR) is 75.7 cm³/mol. The molecular formula is C15H16N2O3. The van der Waals surface area contributed by atoms with E-state index in [-0.39, 0.29) is 12.6 Å². The Bertz CT molecular complexity index is 653. The number of nitrogens with zero attached hydrogens (tertiary/aromatic N) is 1. The summed E-state index contributed by atoms with van der Waals surface area (Å²) in [5.74, 6) is -0.154. The van der Waals surface area contributed by atoms with E-state index in [4.69, 9.17) is 4.74 Å². The molecule has 1 aromatic carbocycles. The molecule has 0 amide bonds. The lowest BCUT2D eigenvalue weighted by molar-refractivity contribution is -0.148. The number of carboxylic acid groups (broad SMARTS) is 1. The maximum atomic E-state index is 11.4. The van der Waals surface area contributed by atoms with Crippen LogP contribution >= 0.6 is 0 Å². The number of hydrogen-bond donors (Lipinski definition) is 2. The number of carbonyl (C=O) groups is 1. The van der Waals surface area contributed by atoms with Crippen LogP contribution in [0.5, 0.6) is 0 Å². The van der Waals surface area contributed by atoms with Crippen LogP contribution in [0, 0.1) is 5.41 Å². The molecule has 0 aliphatic carbocycles. The van der Waals surface area contributed by atoms with Crippen molar-refractivity contribution in [3.8, 4) is 0 Å². The Morgan fingerprint density at radius 3 is 3.05 bits per heavy atom. The summed E-state index contributed by atoms with van der Waals surface area (Å²) in [6.45, 7) is 2.28. The lowest BCUT2D eigenvalue weighted by atomic mass is 9.85. The van der Waals surface area contributed by atoms with Gasteiger partial charge in [-0.05, 0) is 18.4 Å². The molecule has 2 atom stereocenters. The van der Waals surface area contributed by atoms with Crippen molar-refractivity contribution in [1.82, 2.24) is 4.98 Å². The number of nitrogens with one attached hydrogen (secondary N) is 1. The van der Waals surface area contributed by atoms with Gasteiger partial charge in [-0.3, -0.25) is 4.79 Å². The van der Waals surface area contributed by atoms with E-state index in [0.29, 0.717) is 12.4 Å². The van der Waals surface area contributed by atoms with Gasteiger partial charge in [0.15, 0.2) is 0 Å². The van der Waals surface area contributed by atoms with Gasteiger partial charge in [-0.1, -0.05) is 24.3 Å². The van der Waals surface area contributed by atoms with Crippen LogP contribution in [-0.2, 0) is 9.53 Å². The Labute approximate surface area is 116 Å². The maximum Gasteiger partial charge on any atom is 0.313 e. The Kier molecular flexibility index (Phi) is 3.06. The summed E-state index contributed by atoms with van der Waals surface area (Å²) in [6, 6.07) is 9.52. The summed E-state index contributed by atoms with van der Waals surface area (Å²) >= 11 is 0. The van der Waals surface area contributed by atoms with Crippen LogP contribution in [0.25, 0.3) is 10.8 Å². The molecule has 1 fully saturated rings. The number of carboxylic acids is 1. The van der Waals surface area contributed by atoms with E-state index >= 15 is 0 Å². The zero-order valence-electron chi connectivity index (χ0n) is 11.2. The minimum Gasteiger partial charge on any atom is -0.481 e.